The van der Waals surface area contributed by atoms with Crippen molar-refractivity contribution in [2.75, 3.05) is 26.4 Å². The first-order valence-corrected chi connectivity index (χ1v) is 10.0. The zero-order valence-electron chi connectivity index (χ0n) is 17.5. The molecule has 1 unspecified atom stereocenters. The van der Waals surface area contributed by atoms with E-state index in [0.717, 1.165) is 12.8 Å². The number of anilines is 1. The lowest BCUT2D eigenvalue weighted by molar-refractivity contribution is -0.137. The minimum absolute atomic E-state index is 0.0637. The van der Waals surface area contributed by atoms with Crippen LogP contribution in [0, 0.1) is 11.8 Å². The van der Waals surface area contributed by atoms with E-state index >= 15 is 0 Å². The third kappa shape index (κ3) is 4.15. The van der Waals surface area contributed by atoms with Crippen LogP contribution >= 0.6 is 0 Å². The number of nitrogen functional groups attached to an aromatic ring is 1. The van der Waals surface area contributed by atoms with E-state index in [2.05, 4.69) is 37.4 Å². The van der Waals surface area contributed by atoms with Crippen LogP contribution in [-0.4, -0.2) is 91.6 Å². The molecule has 1 saturated carbocycles. The predicted octanol–water partition coefficient (Wildman–Crippen LogP) is -2.07. The van der Waals surface area contributed by atoms with Crippen LogP contribution in [0.1, 0.15) is 24.9 Å². The molecule has 2 aromatic rings. The summed E-state index contributed by atoms with van der Waals surface area (Å²) in [5, 5.41) is 26.1. The molecular formula is C19H24N8O5. The molecular weight excluding hydrogens is 420 g/mol. The number of hydrogen-bond donors (Lipinski definition) is 5. The molecule has 2 aromatic heterocycles. The second-order valence-corrected chi connectivity index (χ2v) is 7.68. The Morgan fingerprint density at radius 1 is 1.34 bits per heavy atom. The summed E-state index contributed by atoms with van der Waals surface area (Å²) in [4.78, 5) is 37.9. The van der Waals surface area contributed by atoms with Crippen molar-refractivity contribution in [1.29, 1.82) is 0 Å². The summed E-state index contributed by atoms with van der Waals surface area (Å²) in [7, 11) is 3.10. The van der Waals surface area contributed by atoms with Gasteiger partial charge in [-0.3, -0.25) is 9.36 Å². The van der Waals surface area contributed by atoms with E-state index in [0.29, 0.717) is 0 Å². The van der Waals surface area contributed by atoms with Gasteiger partial charge in [0.05, 0.1) is 12.9 Å². The standard InChI is InChI=1S/C19H24N8O5/c1-21-19(31)26(2)7-3-4-10-24-15(20)11-16(25-10)27(8-22-11)18-13(29)12(28)14(32-18)17(30)23-9-5-6-9/h8-9,12-14,18,28-29H,5-7H2,1-2H3,(H,21,31)(H,23,30)(H2,20,24,25)/t12?,13-,14-,18+/m0/s1. The van der Waals surface area contributed by atoms with Crippen molar-refractivity contribution in [2.45, 2.75) is 43.4 Å². The van der Waals surface area contributed by atoms with Crippen molar-refractivity contribution in [3.05, 3.63) is 12.2 Å². The number of amides is 3. The van der Waals surface area contributed by atoms with Gasteiger partial charge in [0.15, 0.2) is 23.8 Å². The van der Waals surface area contributed by atoms with E-state index in [1.807, 2.05) is 0 Å². The van der Waals surface area contributed by atoms with Crippen molar-refractivity contribution >= 4 is 28.9 Å². The van der Waals surface area contributed by atoms with Gasteiger partial charge in [0.1, 0.15) is 17.7 Å². The first-order valence-electron chi connectivity index (χ1n) is 10.0. The van der Waals surface area contributed by atoms with Crippen LogP contribution in [0.15, 0.2) is 6.33 Å². The number of aliphatic hydroxyl groups is 2. The zero-order chi connectivity index (χ0) is 23.0. The maximum absolute atomic E-state index is 12.4. The van der Waals surface area contributed by atoms with Gasteiger partial charge in [0.2, 0.25) is 5.82 Å². The van der Waals surface area contributed by atoms with Gasteiger partial charge in [-0.15, -0.1) is 0 Å². The van der Waals surface area contributed by atoms with Gasteiger partial charge in [-0.25, -0.2) is 19.7 Å². The Labute approximate surface area is 183 Å². The number of carbonyl (C=O) groups excluding carboxylic acids is 2. The number of aromatic nitrogens is 4. The fourth-order valence-electron chi connectivity index (χ4n) is 3.30. The number of nitrogens with two attached hydrogens (primary N) is 1. The Hall–Kier alpha value is -3.47. The number of carbonyl (C=O) groups is 2. The molecule has 3 heterocycles. The Morgan fingerprint density at radius 3 is 2.78 bits per heavy atom. The van der Waals surface area contributed by atoms with Crippen molar-refractivity contribution < 1.29 is 24.5 Å². The first-order chi connectivity index (χ1) is 15.3. The summed E-state index contributed by atoms with van der Waals surface area (Å²) < 4.78 is 7.06. The van der Waals surface area contributed by atoms with Crippen LogP contribution in [0.2, 0.25) is 0 Å². The van der Waals surface area contributed by atoms with Crippen LogP contribution in [0.4, 0.5) is 10.6 Å². The average Bonchev–Trinajstić information content (AvgIpc) is 3.40. The molecule has 0 radical (unpaired) electrons. The maximum atomic E-state index is 12.4. The summed E-state index contributed by atoms with van der Waals surface area (Å²) in [5.41, 5.74) is 6.47. The Kier molecular flexibility index (Phi) is 5.83. The molecule has 13 heteroatoms. The van der Waals surface area contributed by atoms with Gasteiger partial charge in [-0.1, -0.05) is 5.92 Å². The third-order valence-electron chi connectivity index (χ3n) is 5.22. The van der Waals surface area contributed by atoms with Gasteiger partial charge in [-0.05, 0) is 18.8 Å². The normalized spacial score (nSPS) is 24.6. The quantitative estimate of drug-likeness (QED) is 0.331. The highest BCUT2D eigenvalue weighted by Gasteiger charge is 2.48. The molecule has 32 heavy (non-hydrogen) atoms. The smallest absolute Gasteiger partial charge is 0.317 e. The number of nitrogens with zero attached hydrogens (tertiary/aromatic N) is 5. The largest absolute Gasteiger partial charge is 0.387 e. The fourth-order valence-corrected chi connectivity index (χ4v) is 3.30. The number of hydrogen-bond acceptors (Lipinski definition) is 9. The zero-order valence-corrected chi connectivity index (χ0v) is 17.5. The van der Waals surface area contributed by atoms with Crippen LogP contribution < -0.4 is 16.4 Å². The second-order valence-electron chi connectivity index (χ2n) is 7.68. The highest BCUT2D eigenvalue weighted by Crippen LogP contribution is 2.32. The molecule has 2 fully saturated rings. The second kappa shape index (κ2) is 8.58. The van der Waals surface area contributed by atoms with E-state index in [9.17, 15) is 19.8 Å². The summed E-state index contributed by atoms with van der Waals surface area (Å²) in [6, 6.07) is -0.209. The van der Waals surface area contributed by atoms with Crippen molar-refractivity contribution in [3.63, 3.8) is 0 Å². The number of ether oxygens (including phenoxy) is 1. The minimum Gasteiger partial charge on any atom is -0.387 e. The van der Waals surface area contributed by atoms with E-state index < -0.39 is 30.4 Å². The number of aliphatic hydroxyl groups excluding tert-OH is 2. The number of rotatable bonds is 4. The topological polar surface area (TPSA) is 181 Å². The van der Waals surface area contributed by atoms with E-state index in [4.69, 9.17) is 10.5 Å². The molecule has 170 valence electrons. The van der Waals surface area contributed by atoms with Crippen molar-refractivity contribution in [1.82, 2.24) is 35.1 Å². The molecule has 6 N–H and O–H groups in total. The Bertz CT molecular complexity index is 1100. The highest BCUT2D eigenvalue weighted by molar-refractivity contribution is 5.83. The van der Waals surface area contributed by atoms with Crippen molar-refractivity contribution in [2.24, 2.45) is 0 Å². The molecule has 0 bridgehead atoms. The van der Waals surface area contributed by atoms with Crippen LogP contribution in [-0.2, 0) is 9.53 Å². The predicted molar refractivity (Wildman–Crippen MR) is 111 cm³/mol. The summed E-state index contributed by atoms with van der Waals surface area (Å²) >= 11 is 0. The SMILES string of the molecule is CNC(=O)N(C)CC#Cc1nc(N)c2ncn([C@@H]3O[C@H](C(=O)NC4CC4)C(O)[C@@H]3O)c2n1. The van der Waals surface area contributed by atoms with Gasteiger partial charge in [0.25, 0.3) is 5.91 Å². The molecule has 13 nitrogen and oxygen atoms in total. The van der Waals surface area contributed by atoms with Crippen molar-refractivity contribution in [3.8, 4) is 11.8 Å². The van der Waals surface area contributed by atoms with Crippen LogP contribution in [0.25, 0.3) is 11.2 Å². The van der Waals surface area contributed by atoms with E-state index in [1.165, 1.54) is 22.8 Å². The Morgan fingerprint density at radius 2 is 2.09 bits per heavy atom. The molecule has 0 spiro atoms. The highest BCUT2D eigenvalue weighted by atomic mass is 16.6. The number of nitrogens with one attached hydrogen (secondary N) is 2. The third-order valence-corrected chi connectivity index (χ3v) is 5.22. The first kappa shape index (κ1) is 21.8. The van der Waals surface area contributed by atoms with Gasteiger partial charge in [0, 0.05) is 20.1 Å². The summed E-state index contributed by atoms with van der Waals surface area (Å²) in [6.07, 6.45) is -2.05. The molecule has 0 aromatic carbocycles. The van der Waals surface area contributed by atoms with E-state index in [-0.39, 0.29) is 41.4 Å². The number of fused-ring (bicyclic) bond motifs is 1. The minimum atomic E-state index is -1.42. The number of urea groups is 1. The van der Waals surface area contributed by atoms with Gasteiger partial charge < -0.3 is 36.2 Å². The number of imidazole rings is 1. The lowest BCUT2D eigenvalue weighted by Crippen LogP contribution is -2.43. The maximum Gasteiger partial charge on any atom is 0.317 e. The lowest BCUT2D eigenvalue weighted by atomic mass is 10.1. The van der Waals surface area contributed by atoms with Gasteiger partial charge >= 0.3 is 6.03 Å². The molecule has 1 saturated heterocycles. The Balaban J connectivity index is 1.58. The summed E-state index contributed by atoms with van der Waals surface area (Å²) in [6.45, 7) is 0.134. The average molecular weight is 444 g/mol. The summed E-state index contributed by atoms with van der Waals surface area (Å²) in [5.74, 6) is 5.19. The molecule has 1 aliphatic heterocycles. The van der Waals surface area contributed by atoms with Crippen LogP contribution in [0.3, 0.4) is 0 Å². The monoisotopic (exact) mass is 444 g/mol. The molecule has 4 atom stereocenters. The molecule has 2 aliphatic rings. The molecule has 4 rings (SSSR count). The fraction of sp³-hybridized carbons (Fsp3) is 0.526. The molecule has 3 amide bonds. The van der Waals surface area contributed by atoms with Crippen LogP contribution in [0.5, 0.6) is 0 Å². The lowest BCUT2D eigenvalue weighted by Gasteiger charge is -2.16. The van der Waals surface area contributed by atoms with E-state index in [1.54, 1.807) is 7.05 Å². The molecule has 1 aliphatic carbocycles. The van der Waals surface area contributed by atoms with Gasteiger partial charge in [-0.2, -0.15) is 0 Å².